The largest absolute Gasteiger partial charge is 0.445 e. The number of hydrogen-bond donors (Lipinski definition) is 0. The number of ether oxygens (including phenoxy) is 1. The van der Waals surface area contributed by atoms with Gasteiger partial charge in [-0.25, -0.2) is 4.79 Å². The lowest BCUT2D eigenvalue weighted by Crippen LogP contribution is -2.20. The van der Waals surface area contributed by atoms with Gasteiger partial charge in [0.15, 0.2) is 6.10 Å². The maximum Gasteiger partial charge on any atom is 0.339 e. The van der Waals surface area contributed by atoms with Gasteiger partial charge >= 0.3 is 5.97 Å². The maximum atomic E-state index is 13.1. The Bertz CT molecular complexity index is 1030. The quantitative estimate of drug-likeness (QED) is 0.471. The van der Waals surface area contributed by atoms with Crippen LogP contribution in [0.2, 0.25) is 0 Å². The Labute approximate surface area is 164 Å². The third-order valence-corrected chi connectivity index (χ3v) is 4.43. The topological polar surface area (TPSA) is 67.2 Å². The third-order valence-electron chi connectivity index (χ3n) is 4.43. The first-order chi connectivity index (χ1) is 13.5. The van der Waals surface area contributed by atoms with Crippen molar-refractivity contribution in [3.05, 3.63) is 106 Å². The number of hydrogen-bond acceptors (Lipinski definition) is 4. The average Bonchev–Trinajstić information content (AvgIpc) is 2.73. The number of ketones is 1. The number of Topliss-reactive ketones (excluding diaryl/α,β-unsaturated/α-hetero) is 1. The molecule has 0 bridgehead atoms. The molecule has 0 aliphatic rings. The number of carbonyl (C=O) groups is 2. The van der Waals surface area contributed by atoms with Crippen molar-refractivity contribution in [2.24, 2.45) is 0 Å². The summed E-state index contributed by atoms with van der Waals surface area (Å²) in [7, 11) is 0. The molecule has 138 valence electrons. The van der Waals surface area contributed by atoms with Crippen molar-refractivity contribution in [3.8, 4) is 6.07 Å². The summed E-state index contributed by atoms with van der Waals surface area (Å²) in [6.07, 6.45) is -1.05. The number of aryl methyl sites for hydroxylation is 2. The van der Waals surface area contributed by atoms with Crippen LogP contribution in [0.5, 0.6) is 0 Å². The summed E-state index contributed by atoms with van der Waals surface area (Å²) in [5.41, 5.74) is 3.90. The first-order valence-electron chi connectivity index (χ1n) is 8.86. The molecular formula is C24H19NO3. The molecule has 0 radical (unpaired) electrons. The summed E-state index contributed by atoms with van der Waals surface area (Å²) < 4.78 is 5.61. The molecule has 0 aliphatic carbocycles. The van der Waals surface area contributed by atoms with E-state index < -0.39 is 12.1 Å². The minimum absolute atomic E-state index is 0.285. The Kier molecular flexibility index (Phi) is 5.67. The monoisotopic (exact) mass is 369 g/mol. The summed E-state index contributed by atoms with van der Waals surface area (Å²) in [6, 6.07) is 22.6. The van der Waals surface area contributed by atoms with Gasteiger partial charge in [0.2, 0.25) is 5.78 Å². The fraction of sp³-hybridized carbons (Fsp3) is 0.125. The van der Waals surface area contributed by atoms with Crippen molar-refractivity contribution in [2.75, 3.05) is 0 Å². The highest BCUT2D eigenvalue weighted by atomic mass is 16.5. The van der Waals surface area contributed by atoms with Gasteiger partial charge in [-0.2, -0.15) is 5.26 Å². The Morgan fingerprint density at radius 2 is 1.29 bits per heavy atom. The SMILES string of the molecule is Cc1ccc(C(=O)C(OC(=O)c2ccc(C#N)cc2)c2ccc(C)cc2)cc1. The van der Waals surface area contributed by atoms with Crippen LogP contribution in [0.1, 0.15) is 49.1 Å². The van der Waals surface area contributed by atoms with Gasteiger partial charge in [-0.3, -0.25) is 4.79 Å². The molecule has 0 heterocycles. The molecule has 0 saturated carbocycles. The number of carbonyl (C=O) groups excluding carboxylic acids is 2. The van der Waals surface area contributed by atoms with Crippen LogP contribution in [-0.2, 0) is 4.74 Å². The van der Waals surface area contributed by atoms with E-state index in [-0.39, 0.29) is 11.3 Å². The predicted octanol–water partition coefficient (Wildman–Crippen LogP) is 4.96. The smallest absolute Gasteiger partial charge is 0.339 e. The highest BCUT2D eigenvalue weighted by Gasteiger charge is 2.26. The summed E-state index contributed by atoms with van der Waals surface area (Å²) in [4.78, 5) is 25.7. The van der Waals surface area contributed by atoms with Gasteiger partial charge in [0.25, 0.3) is 0 Å². The Hall–Kier alpha value is -3.71. The zero-order valence-electron chi connectivity index (χ0n) is 15.7. The third kappa shape index (κ3) is 4.33. The molecule has 4 nitrogen and oxygen atoms in total. The van der Waals surface area contributed by atoms with Crippen LogP contribution in [0.4, 0.5) is 0 Å². The first-order valence-corrected chi connectivity index (χ1v) is 8.86. The van der Waals surface area contributed by atoms with Crippen LogP contribution in [0.3, 0.4) is 0 Å². The van der Waals surface area contributed by atoms with E-state index in [1.807, 2.05) is 44.2 Å². The number of nitrogens with zero attached hydrogens (tertiary/aromatic N) is 1. The standard InChI is InChI=1S/C24H19NO3/c1-16-3-9-19(10-4-16)22(26)23(20-11-5-17(2)6-12-20)28-24(27)21-13-7-18(15-25)8-14-21/h3-14,23H,1-2H3. The van der Waals surface area contributed by atoms with E-state index in [2.05, 4.69) is 0 Å². The highest BCUT2D eigenvalue weighted by Crippen LogP contribution is 2.25. The second-order valence-electron chi connectivity index (χ2n) is 6.62. The van der Waals surface area contributed by atoms with Gasteiger partial charge < -0.3 is 4.74 Å². The van der Waals surface area contributed by atoms with E-state index in [1.165, 1.54) is 12.1 Å². The van der Waals surface area contributed by atoms with Crippen LogP contribution in [0.25, 0.3) is 0 Å². The molecule has 0 saturated heterocycles. The number of rotatable bonds is 5. The lowest BCUT2D eigenvalue weighted by Gasteiger charge is -2.18. The lowest BCUT2D eigenvalue weighted by molar-refractivity contribution is 0.0280. The van der Waals surface area contributed by atoms with Gasteiger partial charge in [-0.15, -0.1) is 0 Å². The van der Waals surface area contributed by atoms with E-state index in [9.17, 15) is 9.59 Å². The zero-order valence-corrected chi connectivity index (χ0v) is 15.7. The number of nitriles is 1. The Balaban J connectivity index is 1.92. The van der Waals surface area contributed by atoms with Gasteiger partial charge in [0.1, 0.15) is 0 Å². The molecule has 3 rings (SSSR count). The summed E-state index contributed by atoms with van der Waals surface area (Å²) in [5.74, 6) is -0.902. The molecule has 0 N–H and O–H groups in total. The Morgan fingerprint density at radius 3 is 1.82 bits per heavy atom. The second-order valence-corrected chi connectivity index (χ2v) is 6.62. The number of esters is 1. The minimum atomic E-state index is -1.05. The first kappa shape index (κ1) is 19.1. The van der Waals surface area contributed by atoms with Gasteiger partial charge in [-0.1, -0.05) is 59.7 Å². The summed E-state index contributed by atoms with van der Waals surface area (Å²) in [6.45, 7) is 3.89. The van der Waals surface area contributed by atoms with E-state index in [0.717, 1.165) is 11.1 Å². The molecule has 4 heteroatoms. The number of benzene rings is 3. The molecule has 0 amide bonds. The second kappa shape index (κ2) is 8.32. The van der Waals surface area contributed by atoms with Crippen molar-refractivity contribution >= 4 is 11.8 Å². The van der Waals surface area contributed by atoms with Crippen molar-refractivity contribution in [1.82, 2.24) is 0 Å². The molecule has 1 atom stereocenters. The van der Waals surface area contributed by atoms with Crippen LogP contribution in [-0.4, -0.2) is 11.8 Å². The van der Waals surface area contributed by atoms with Crippen LogP contribution in [0.15, 0.2) is 72.8 Å². The van der Waals surface area contributed by atoms with Crippen molar-refractivity contribution in [2.45, 2.75) is 20.0 Å². The fourth-order valence-corrected chi connectivity index (χ4v) is 2.74. The molecule has 0 aliphatic heterocycles. The van der Waals surface area contributed by atoms with E-state index >= 15 is 0 Å². The zero-order chi connectivity index (χ0) is 20.1. The fourth-order valence-electron chi connectivity index (χ4n) is 2.74. The van der Waals surface area contributed by atoms with E-state index in [0.29, 0.717) is 16.7 Å². The van der Waals surface area contributed by atoms with Gasteiger partial charge in [-0.05, 0) is 38.1 Å². The maximum absolute atomic E-state index is 13.1. The normalized spacial score (nSPS) is 11.3. The van der Waals surface area contributed by atoms with Crippen molar-refractivity contribution in [3.63, 3.8) is 0 Å². The molecule has 0 fully saturated rings. The lowest BCUT2D eigenvalue weighted by atomic mass is 9.98. The molecule has 0 aromatic heterocycles. The van der Waals surface area contributed by atoms with Crippen LogP contribution in [0, 0.1) is 25.2 Å². The summed E-state index contributed by atoms with van der Waals surface area (Å²) >= 11 is 0. The molecule has 3 aromatic rings. The van der Waals surface area contributed by atoms with Crippen molar-refractivity contribution in [1.29, 1.82) is 5.26 Å². The van der Waals surface area contributed by atoms with Crippen LogP contribution < -0.4 is 0 Å². The van der Waals surface area contributed by atoms with Gasteiger partial charge in [0, 0.05) is 11.1 Å². The van der Waals surface area contributed by atoms with E-state index in [4.69, 9.17) is 10.00 Å². The highest BCUT2D eigenvalue weighted by molar-refractivity contribution is 6.02. The predicted molar refractivity (Wildman–Crippen MR) is 106 cm³/mol. The molecule has 0 spiro atoms. The molecule has 28 heavy (non-hydrogen) atoms. The summed E-state index contributed by atoms with van der Waals surface area (Å²) in [5, 5.41) is 8.89. The minimum Gasteiger partial charge on any atom is -0.445 e. The molecule has 1 unspecified atom stereocenters. The van der Waals surface area contributed by atoms with Crippen LogP contribution >= 0.6 is 0 Å². The molecule has 3 aromatic carbocycles. The molecular weight excluding hydrogens is 350 g/mol. The van der Waals surface area contributed by atoms with Crippen molar-refractivity contribution < 1.29 is 14.3 Å². The average molecular weight is 369 g/mol. The van der Waals surface area contributed by atoms with E-state index in [1.54, 1.807) is 36.4 Å². The Morgan fingerprint density at radius 1 is 0.786 bits per heavy atom. The van der Waals surface area contributed by atoms with Gasteiger partial charge in [0.05, 0.1) is 17.2 Å².